The van der Waals surface area contributed by atoms with Crippen LogP contribution in [0.4, 0.5) is 4.39 Å². The van der Waals surface area contributed by atoms with E-state index in [1.54, 1.807) is 12.1 Å². The van der Waals surface area contributed by atoms with Crippen molar-refractivity contribution in [3.05, 3.63) is 35.6 Å². The summed E-state index contributed by atoms with van der Waals surface area (Å²) in [4.78, 5) is 2.49. The maximum atomic E-state index is 13.0. The molecule has 2 atom stereocenters. The van der Waals surface area contributed by atoms with Gasteiger partial charge in [0.05, 0.1) is 0 Å². The van der Waals surface area contributed by atoms with Crippen LogP contribution in [0.3, 0.4) is 0 Å². The molecular weight excluding hydrogens is 227 g/mol. The van der Waals surface area contributed by atoms with E-state index >= 15 is 0 Å². The SMILES string of the molecule is CCN[C@@H]1CCN(CC)[C@H](c2ccc(F)cc2)C1. The molecule has 2 nitrogen and oxygen atoms in total. The van der Waals surface area contributed by atoms with E-state index in [1.165, 1.54) is 12.0 Å². The highest BCUT2D eigenvalue weighted by Crippen LogP contribution is 2.30. The zero-order valence-corrected chi connectivity index (χ0v) is 11.3. The van der Waals surface area contributed by atoms with Gasteiger partial charge in [0.25, 0.3) is 0 Å². The van der Waals surface area contributed by atoms with Crippen LogP contribution >= 0.6 is 0 Å². The Balaban J connectivity index is 2.12. The fourth-order valence-electron chi connectivity index (χ4n) is 2.90. The molecule has 1 saturated heterocycles. The lowest BCUT2D eigenvalue weighted by molar-refractivity contribution is 0.132. The second-order valence-corrected chi connectivity index (χ2v) is 4.97. The van der Waals surface area contributed by atoms with Gasteiger partial charge in [-0.15, -0.1) is 0 Å². The van der Waals surface area contributed by atoms with Crippen LogP contribution in [0.2, 0.25) is 0 Å². The van der Waals surface area contributed by atoms with Crippen LogP contribution < -0.4 is 5.32 Å². The van der Waals surface area contributed by atoms with Crippen LogP contribution in [-0.4, -0.2) is 30.6 Å². The van der Waals surface area contributed by atoms with Crippen molar-refractivity contribution in [2.24, 2.45) is 0 Å². The largest absolute Gasteiger partial charge is 0.314 e. The summed E-state index contributed by atoms with van der Waals surface area (Å²) < 4.78 is 13.0. The first-order valence-electron chi connectivity index (χ1n) is 6.97. The minimum Gasteiger partial charge on any atom is -0.314 e. The Hall–Kier alpha value is -0.930. The molecule has 0 spiro atoms. The molecule has 1 fully saturated rings. The number of halogens is 1. The predicted molar refractivity (Wildman–Crippen MR) is 73.1 cm³/mol. The third kappa shape index (κ3) is 3.09. The fourth-order valence-corrected chi connectivity index (χ4v) is 2.90. The lowest BCUT2D eigenvalue weighted by Crippen LogP contribution is -2.44. The fraction of sp³-hybridized carbons (Fsp3) is 0.600. The van der Waals surface area contributed by atoms with Gasteiger partial charge in [0, 0.05) is 18.6 Å². The van der Waals surface area contributed by atoms with E-state index in [-0.39, 0.29) is 5.82 Å². The molecule has 1 aromatic rings. The highest BCUT2D eigenvalue weighted by atomic mass is 19.1. The maximum Gasteiger partial charge on any atom is 0.123 e. The van der Waals surface area contributed by atoms with Crippen molar-refractivity contribution < 1.29 is 4.39 Å². The number of piperidine rings is 1. The molecule has 0 unspecified atom stereocenters. The van der Waals surface area contributed by atoms with Gasteiger partial charge < -0.3 is 5.32 Å². The van der Waals surface area contributed by atoms with Gasteiger partial charge in [-0.25, -0.2) is 4.39 Å². The highest BCUT2D eigenvalue weighted by molar-refractivity contribution is 5.21. The van der Waals surface area contributed by atoms with E-state index in [1.807, 2.05) is 12.1 Å². The Morgan fingerprint density at radius 1 is 1.28 bits per heavy atom. The molecule has 1 heterocycles. The molecule has 2 rings (SSSR count). The smallest absolute Gasteiger partial charge is 0.123 e. The molecule has 3 heteroatoms. The van der Waals surface area contributed by atoms with Crippen molar-refractivity contribution in [2.75, 3.05) is 19.6 Å². The molecule has 1 aliphatic rings. The molecule has 18 heavy (non-hydrogen) atoms. The van der Waals surface area contributed by atoms with Crippen molar-refractivity contribution in [3.8, 4) is 0 Å². The van der Waals surface area contributed by atoms with Crippen LogP contribution in [0, 0.1) is 5.82 Å². The number of nitrogens with one attached hydrogen (secondary N) is 1. The quantitative estimate of drug-likeness (QED) is 0.884. The van der Waals surface area contributed by atoms with E-state index in [2.05, 4.69) is 24.1 Å². The van der Waals surface area contributed by atoms with Gasteiger partial charge in [0.15, 0.2) is 0 Å². The van der Waals surface area contributed by atoms with Crippen LogP contribution in [-0.2, 0) is 0 Å². The Bertz CT molecular complexity index is 363. The monoisotopic (exact) mass is 250 g/mol. The normalized spacial score (nSPS) is 25.3. The van der Waals surface area contributed by atoms with E-state index in [4.69, 9.17) is 0 Å². The van der Waals surface area contributed by atoms with Crippen LogP contribution in [0.5, 0.6) is 0 Å². The van der Waals surface area contributed by atoms with E-state index in [9.17, 15) is 4.39 Å². The molecule has 0 saturated carbocycles. The van der Waals surface area contributed by atoms with Gasteiger partial charge in [-0.05, 0) is 43.6 Å². The second-order valence-electron chi connectivity index (χ2n) is 4.97. The third-order valence-electron chi connectivity index (χ3n) is 3.87. The minimum atomic E-state index is -0.152. The lowest BCUT2D eigenvalue weighted by Gasteiger charge is -2.39. The van der Waals surface area contributed by atoms with E-state index < -0.39 is 0 Å². The van der Waals surface area contributed by atoms with Gasteiger partial charge in [-0.2, -0.15) is 0 Å². The lowest BCUT2D eigenvalue weighted by atomic mass is 9.91. The molecular formula is C15H23FN2. The molecule has 0 radical (unpaired) electrons. The number of likely N-dealkylation sites (tertiary alicyclic amines) is 1. The van der Waals surface area contributed by atoms with Gasteiger partial charge in [0.2, 0.25) is 0 Å². The van der Waals surface area contributed by atoms with Gasteiger partial charge in [-0.3, -0.25) is 4.90 Å². The summed E-state index contributed by atoms with van der Waals surface area (Å²) in [6.45, 7) is 7.55. The summed E-state index contributed by atoms with van der Waals surface area (Å²) in [5.41, 5.74) is 1.24. The first kappa shape index (κ1) is 13.5. The zero-order valence-electron chi connectivity index (χ0n) is 11.3. The van der Waals surface area contributed by atoms with E-state index in [0.717, 1.165) is 26.1 Å². The summed E-state index contributed by atoms with van der Waals surface area (Å²) >= 11 is 0. The maximum absolute atomic E-state index is 13.0. The van der Waals surface area contributed by atoms with Crippen LogP contribution in [0.25, 0.3) is 0 Å². The van der Waals surface area contributed by atoms with Crippen LogP contribution in [0.1, 0.15) is 38.3 Å². The first-order chi connectivity index (χ1) is 8.74. The summed E-state index contributed by atoms with van der Waals surface area (Å²) in [6.07, 6.45) is 2.33. The molecule has 0 aliphatic carbocycles. The Kier molecular flexibility index (Phi) is 4.72. The molecule has 0 bridgehead atoms. The number of nitrogens with zero attached hydrogens (tertiary/aromatic N) is 1. The topological polar surface area (TPSA) is 15.3 Å². The molecule has 0 aromatic heterocycles. The Morgan fingerprint density at radius 2 is 2.00 bits per heavy atom. The average Bonchev–Trinajstić information content (AvgIpc) is 2.40. The van der Waals surface area contributed by atoms with Crippen molar-refractivity contribution in [1.82, 2.24) is 10.2 Å². The summed E-state index contributed by atoms with van der Waals surface area (Å²) in [5.74, 6) is -0.152. The van der Waals surface area contributed by atoms with Gasteiger partial charge >= 0.3 is 0 Å². The molecule has 1 N–H and O–H groups in total. The Morgan fingerprint density at radius 3 is 2.61 bits per heavy atom. The second kappa shape index (κ2) is 6.30. The summed E-state index contributed by atoms with van der Waals surface area (Å²) in [5, 5.41) is 3.54. The summed E-state index contributed by atoms with van der Waals surface area (Å²) in [7, 11) is 0. The minimum absolute atomic E-state index is 0.152. The number of benzene rings is 1. The summed E-state index contributed by atoms with van der Waals surface area (Å²) in [6, 6.07) is 8.01. The third-order valence-corrected chi connectivity index (χ3v) is 3.87. The van der Waals surface area contributed by atoms with Crippen molar-refractivity contribution >= 4 is 0 Å². The van der Waals surface area contributed by atoms with Crippen molar-refractivity contribution in [1.29, 1.82) is 0 Å². The molecule has 1 aromatic carbocycles. The Labute approximate surface area is 109 Å². The highest BCUT2D eigenvalue weighted by Gasteiger charge is 2.27. The van der Waals surface area contributed by atoms with Crippen molar-refractivity contribution in [2.45, 2.75) is 38.8 Å². The molecule has 0 amide bonds. The molecule has 100 valence electrons. The van der Waals surface area contributed by atoms with Crippen molar-refractivity contribution in [3.63, 3.8) is 0 Å². The first-order valence-corrected chi connectivity index (χ1v) is 6.97. The zero-order chi connectivity index (χ0) is 13.0. The predicted octanol–water partition coefficient (Wildman–Crippen LogP) is 2.96. The number of rotatable bonds is 4. The van der Waals surface area contributed by atoms with Gasteiger partial charge in [0.1, 0.15) is 5.82 Å². The van der Waals surface area contributed by atoms with Gasteiger partial charge in [-0.1, -0.05) is 26.0 Å². The standard InChI is InChI=1S/C15H23FN2/c1-3-17-14-9-10-18(4-2)15(11-14)12-5-7-13(16)8-6-12/h5-8,14-15,17H,3-4,9-11H2,1-2H3/t14-,15+/m1/s1. The average molecular weight is 250 g/mol. The van der Waals surface area contributed by atoms with Crippen LogP contribution in [0.15, 0.2) is 24.3 Å². The molecule has 1 aliphatic heterocycles. The number of hydrogen-bond acceptors (Lipinski definition) is 2. The van der Waals surface area contributed by atoms with E-state index in [0.29, 0.717) is 12.1 Å². The number of hydrogen-bond donors (Lipinski definition) is 1.